The second kappa shape index (κ2) is 6.12. The lowest BCUT2D eigenvalue weighted by Crippen LogP contribution is -2.39. The molecule has 0 radical (unpaired) electrons. The van der Waals surface area contributed by atoms with Gasteiger partial charge in [0.05, 0.1) is 0 Å². The monoisotopic (exact) mass is 159 g/mol. The van der Waals surface area contributed by atoms with E-state index < -0.39 is 0 Å². The summed E-state index contributed by atoms with van der Waals surface area (Å²) in [5.74, 6) is 0.0691. The van der Waals surface area contributed by atoms with E-state index in [-0.39, 0.29) is 11.9 Å². The van der Waals surface area contributed by atoms with E-state index >= 15 is 0 Å². The summed E-state index contributed by atoms with van der Waals surface area (Å²) in [6, 6.07) is 0.222. The molecular formula is C7H17N3O. The van der Waals surface area contributed by atoms with Gasteiger partial charge < -0.3 is 16.0 Å². The van der Waals surface area contributed by atoms with Crippen molar-refractivity contribution in [1.82, 2.24) is 16.0 Å². The normalized spacial score (nSPS) is 12.6. The van der Waals surface area contributed by atoms with Crippen molar-refractivity contribution < 1.29 is 4.79 Å². The first kappa shape index (κ1) is 10.4. The highest BCUT2D eigenvalue weighted by Gasteiger charge is 2.08. The first-order valence-corrected chi connectivity index (χ1v) is 3.77. The molecule has 1 atom stereocenters. The molecule has 66 valence electrons. The SMILES string of the molecule is CNCC(CC(=O)NC)NC. The number of carbonyl (C=O) groups excluding carboxylic acids is 1. The summed E-state index contributed by atoms with van der Waals surface area (Å²) in [4.78, 5) is 10.9. The van der Waals surface area contributed by atoms with Gasteiger partial charge in [-0.1, -0.05) is 0 Å². The maximum atomic E-state index is 10.9. The zero-order valence-electron chi connectivity index (χ0n) is 7.40. The zero-order chi connectivity index (χ0) is 8.69. The fourth-order valence-electron chi connectivity index (χ4n) is 0.849. The lowest BCUT2D eigenvalue weighted by molar-refractivity contribution is -0.121. The minimum atomic E-state index is 0.0691. The lowest BCUT2D eigenvalue weighted by atomic mass is 10.2. The average Bonchev–Trinajstić information content (AvgIpc) is 2.03. The Labute approximate surface area is 67.7 Å². The lowest BCUT2D eigenvalue weighted by Gasteiger charge is -2.13. The fourth-order valence-corrected chi connectivity index (χ4v) is 0.849. The van der Waals surface area contributed by atoms with Crippen LogP contribution in [-0.4, -0.2) is 39.6 Å². The Morgan fingerprint density at radius 3 is 2.36 bits per heavy atom. The molecule has 11 heavy (non-hydrogen) atoms. The van der Waals surface area contributed by atoms with Gasteiger partial charge in [-0.25, -0.2) is 0 Å². The summed E-state index contributed by atoms with van der Waals surface area (Å²) < 4.78 is 0. The Morgan fingerprint density at radius 2 is 2.00 bits per heavy atom. The minimum Gasteiger partial charge on any atom is -0.359 e. The number of hydrogen-bond acceptors (Lipinski definition) is 3. The van der Waals surface area contributed by atoms with Crippen molar-refractivity contribution in [2.24, 2.45) is 0 Å². The molecule has 0 bridgehead atoms. The predicted molar refractivity (Wildman–Crippen MR) is 45.5 cm³/mol. The van der Waals surface area contributed by atoms with Crippen LogP contribution in [0.25, 0.3) is 0 Å². The second-order valence-electron chi connectivity index (χ2n) is 2.42. The van der Waals surface area contributed by atoms with E-state index in [9.17, 15) is 4.79 Å². The summed E-state index contributed by atoms with van der Waals surface area (Å²) in [6.07, 6.45) is 0.522. The van der Waals surface area contributed by atoms with E-state index in [0.717, 1.165) is 6.54 Å². The van der Waals surface area contributed by atoms with Crippen molar-refractivity contribution in [3.8, 4) is 0 Å². The molecule has 1 unspecified atom stereocenters. The van der Waals surface area contributed by atoms with E-state index in [1.807, 2.05) is 14.1 Å². The van der Waals surface area contributed by atoms with Crippen LogP contribution >= 0.6 is 0 Å². The predicted octanol–water partition coefficient (Wildman–Crippen LogP) is -1.07. The Bertz CT molecular complexity index is 116. The van der Waals surface area contributed by atoms with Gasteiger partial charge in [0, 0.05) is 26.1 Å². The van der Waals surface area contributed by atoms with Gasteiger partial charge in [0.1, 0.15) is 0 Å². The van der Waals surface area contributed by atoms with Crippen molar-refractivity contribution in [2.45, 2.75) is 12.5 Å². The van der Waals surface area contributed by atoms with Crippen LogP contribution in [-0.2, 0) is 4.79 Å². The summed E-state index contributed by atoms with van der Waals surface area (Å²) in [6.45, 7) is 0.809. The third kappa shape index (κ3) is 4.75. The maximum Gasteiger partial charge on any atom is 0.221 e. The molecule has 0 aromatic rings. The molecule has 0 rings (SSSR count). The van der Waals surface area contributed by atoms with Gasteiger partial charge in [-0.3, -0.25) is 4.79 Å². The number of likely N-dealkylation sites (N-methyl/N-ethyl adjacent to an activating group) is 2. The first-order chi connectivity index (χ1) is 5.24. The van der Waals surface area contributed by atoms with Crippen LogP contribution in [0.4, 0.5) is 0 Å². The van der Waals surface area contributed by atoms with Gasteiger partial charge in [0.2, 0.25) is 5.91 Å². The van der Waals surface area contributed by atoms with E-state index in [2.05, 4.69) is 16.0 Å². The average molecular weight is 159 g/mol. The van der Waals surface area contributed by atoms with Crippen molar-refractivity contribution in [1.29, 1.82) is 0 Å². The van der Waals surface area contributed by atoms with Crippen LogP contribution in [0.3, 0.4) is 0 Å². The molecule has 0 heterocycles. The van der Waals surface area contributed by atoms with E-state index in [4.69, 9.17) is 0 Å². The quantitative estimate of drug-likeness (QED) is 0.479. The molecular weight excluding hydrogens is 142 g/mol. The summed E-state index contributed by atoms with van der Waals surface area (Å²) in [5, 5.41) is 8.63. The van der Waals surface area contributed by atoms with Gasteiger partial charge in [0.25, 0.3) is 0 Å². The fraction of sp³-hybridized carbons (Fsp3) is 0.857. The molecule has 0 aromatic carbocycles. The van der Waals surface area contributed by atoms with Crippen LogP contribution in [0.5, 0.6) is 0 Å². The first-order valence-electron chi connectivity index (χ1n) is 3.77. The van der Waals surface area contributed by atoms with Gasteiger partial charge in [-0.15, -0.1) is 0 Å². The maximum absolute atomic E-state index is 10.9. The largest absolute Gasteiger partial charge is 0.359 e. The molecule has 4 heteroatoms. The van der Waals surface area contributed by atoms with Gasteiger partial charge in [-0.05, 0) is 14.1 Å². The van der Waals surface area contributed by atoms with E-state index in [0.29, 0.717) is 6.42 Å². The van der Waals surface area contributed by atoms with Crippen molar-refractivity contribution in [3.05, 3.63) is 0 Å². The third-order valence-electron chi connectivity index (χ3n) is 1.57. The molecule has 4 nitrogen and oxygen atoms in total. The molecule has 0 aliphatic rings. The highest BCUT2D eigenvalue weighted by molar-refractivity contribution is 5.76. The number of rotatable bonds is 5. The Morgan fingerprint density at radius 1 is 1.36 bits per heavy atom. The highest BCUT2D eigenvalue weighted by Crippen LogP contribution is 1.88. The molecule has 1 amide bonds. The summed E-state index contributed by atoms with van der Waals surface area (Å²) >= 11 is 0. The number of hydrogen-bond donors (Lipinski definition) is 3. The van der Waals surface area contributed by atoms with Gasteiger partial charge >= 0.3 is 0 Å². The van der Waals surface area contributed by atoms with Crippen molar-refractivity contribution in [3.63, 3.8) is 0 Å². The molecule has 3 N–H and O–H groups in total. The zero-order valence-corrected chi connectivity index (χ0v) is 7.40. The van der Waals surface area contributed by atoms with Crippen LogP contribution < -0.4 is 16.0 Å². The van der Waals surface area contributed by atoms with E-state index in [1.54, 1.807) is 7.05 Å². The number of amides is 1. The van der Waals surface area contributed by atoms with Crippen LogP contribution in [0, 0.1) is 0 Å². The van der Waals surface area contributed by atoms with Gasteiger partial charge in [-0.2, -0.15) is 0 Å². The van der Waals surface area contributed by atoms with Gasteiger partial charge in [0.15, 0.2) is 0 Å². The molecule has 0 spiro atoms. The van der Waals surface area contributed by atoms with Crippen molar-refractivity contribution >= 4 is 5.91 Å². The minimum absolute atomic E-state index is 0.0691. The molecule has 0 aromatic heterocycles. The number of nitrogens with one attached hydrogen (secondary N) is 3. The standard InChI is InChI=1S/C7H17N3O/c1-8-5-6(9-2)4-7(11)10-3/h6,8-9H,4-5H2,1-3H3,(H,10,11). The smallest absolute Gasteiger partial charge is 0.221 e. The Kier molecular flexibility index (Phi) is 5.78. The Hall–Kier alpha value is -0.610. The van der Waals surface area contributed by atoms with Crippen molar-refractivity contribution in [2.75, 3.05) is 27.7 Å². The second-order valence-corrected chi connectivity index (χ2v) is 2.42. The Balaban J connectivity index is 3.58. The summed E-state index contributed by atoms with van der Waals surface area (Å²) in [7, 11) is 5.37. The van der Waals surface area contributed by atoms with Crippen LogP contribution in [0.15, 0.2) is 0 Å². The molecule has 0 fully saturated rings. The van der Waals surface area contributed by atoms with Crippen LogP contribution in [0.2, 0.25) is 0 Å². The summed E-state index contributed by atoms with van der Waals surface area (Å²) in [5.41, 5.74) is 0. The topological polar surface area (TPSA) is 53.2 Å². The van der Waals surface area contributed by atoms with Crippen LogP contribution in [0.1, 0.15) is 6.42 Å². The molecule has 0 aliphatic carbocycles. The number of carbonyl (C=O) groups is 1. The van der Waals surface area contributed by atoms with E-state index in [1.165, 1.54) is 0 Å². The molecule has 0 saturated heterocycles. The molecule has 0 aliphatic heterocycles. The molecule has 0 saturated carbocycles. The third-order valence-corrected chi connectivity index (χ3v) is 1.57. The highest BCUT2D eigenvalue weighted by atomic mass is 16.1.